The number of benzene rings is 2. The van der Waals surface area contributed by atoms with Crippen molar-refractivity contribution in [3.63, 3.8) is 0 Å². The van der Waals surface area contributed by atoms with Crippen LogP contribution in [-0.2, 0) is 15.2 Å². The van der Waals surface area contributed by atoms with Crippen LogP contribution in [0.15, 0.2) is 47.4 Å². The lowest BCUT2D eigenvalue weighted by Crippen LogP contribution is -1.97. The Kier molecular flexibility index (Phi) is 4.50. The second-order valence-electron chi connectivity index (χ2n) is 4.59. The molecule has 3 nitrogen and oxygen atoms in total. The molecule has 20 heavy (non-hydrogen) atoms. The smallest absolute Gasteiger partial charge is 0.175 e. The molecule has 0 fully saturated rings. The zero-order valence-corrected chi connectivity index (χ0v) is 13.7. The molecular weight excluding hydrogens is 340 g/mol. The molecule has 0 aliphatic heterocycles. The standard InChI is InChI=1S/C15H15BrO3S/c1-11-6-7-15(12(8-11)10-16)19-13-4-3-5-14(9-13)20(2,17)18/h3-9H,10H2,1-2H3. The summed E-state index contributed by atoms with van der Waals surface area (Å²) >= 11 is 3.43. The minimum Gasteiger partial charge on any atom is -0.457 e. The van der Waals surface area contributed by atoms with Crippen LogP contribution in [0, 0.1) is 6.92 Å². The van der Waals surface area contributed by atoms with Crippen molar-refractivity contribution in [2.24, 2.45) is 0 Å². The van der Waals surface area contributed by atoms with Crippen molar-refractivity contribution in [1.29, 1.82) is 0 Å². The number of sulfone groups is 1. The van der Waals surface area contributed by atoms with Crippen LogP contribution in [0.1, 0.15) is 11.1 Å². The summed E-state index contributed by atoms with van der Waals surface area (Å²) in [4.78, 5) is 0.252. The zero-order chi connectivity index (χ0) is 14.8. The van der Waals surface area contributed by atoms with Gasteiger partial charge in [0.1, 0.15) is 11.5 Å². The van der Waals surface area contributed by atoms with Gasteiger partial charge in [0.15, 0.2) is 9.84 Å². The maximum Gasteiger partial charge on any atom is 0.175 e. The molecule has 0 bridgehead atoms. The highest BCUT2D eigenvalue weighted by Crippen LogP contribution is 2.29. The molecule has 2 rings (SSSR count). The predicted octanol–water partition coefficient (Wildman–Crippen LogP) is 4.09. The molecule has 0 N–H and O–H groups in total. The maximum atomic E-state index is 11.5. The highest BCUT2D eigenvalue weighted by Gasteiger charge is 2.09. The van der Waals surface area contributed by atoms with Crippen molar-refractivity contribution in [2.45, 2.75) is 17.1 Å². The molecule has 0 saturated carbocycles. The molecule has 0 aliphatic rings. The van der Waals surface area contributed by atoms with Gasteiger partial charge in [-0.3, -0.25) is 0 Å². The van der Waals surface area contributed by atoms with E-state index in [1.54, 1.807) is 18.2 Å². The fraction of sp³-hybridized carbons (Fsp3) is 0.200. The molecule has 0 aliphatic carbocycles. The molecule has 0 atom stereocenters. The van der Waals surface area contributed by atoms with Gasteiger partial charge in [0.05, 0.1) is 4.90 Å². The van der Waals surface area contributed by atoms with Crippen LogP contribution in [0.4, 0.5) is 0 Å². The second-order valence-corrected chi connectivity index (χ2v) is 7.17. The molecule has 2 aromatic carbocycles. The lowest BCUT2D eigenvalue weighted by atomic mass is 10.1. The van der Waals surface area contributed by atoms with Crippen LogP contribution in [0.25, 0.3) is 0 Å². The van der Waals surface area contributed by atoms with E-state index in [0.717, 1.165) is 16.9 Å². The summed E-state index contributed by atoms with van der Waals surface area (Å²) in [6.07, 6.45) is 1.18. The monoisotopic (exact) mass is 354 g/mol. The number of hydrogen-bond acceptors (Lipinski definition) is 3. The van der Waals surface area contributed by atoms with Crippen molar-refractivity contribution in [2.75, 3.05) is 6.26 Å². The van der Waals surface area contributed by atoms with E-state index in [2.05, 4.69) is 15.9 Å². The summed E-state index contributed by atoms with van der Waals surface area (Å²) in [5, 5.41) is 0.676. The Labute approximate surface area is 127 Å². The molecule has 0 heterocycles. The first-order valence-corrected chi connectivity index (χ1v) is 9.05. The van der Waals surface area contributed by atoms with Crippen LogP contribution >= 0.6 is 15.9 Å². The largest absolute Gasteiger partial charge is 0.457 e. The third-order valence-corrected chi connectivity index (χ3v) is 4.54. The number of halogens is 1. The number of hydrogen-bond donors (Lipinski definition) is 0. The number of rotatable bonds is 4. The van der Waals surface area contributed by atoms with Gasteiger partial charge in [-0.15, -0.1) is 0 Å². The highest BCUT2D eigenvalue weighted by atomic mass is 79.9. The Morgan fingerprint density at radius 2 is 1.90 bits per heavy atom. The van der Waals surface area contributed by atoms with Gasteiger partial charge in [-0.2, -0.15) is 0 Å². The third kappa shape index (κ3) is 3.61. The van der Waals surface area contributed by atoms with Gasteiger partial charge < -0.3 is 4.74 Å². The quantitative estimate of drug-likeness (QED) is 0.776. The topological polar surface area (TPSA) is 43.4 Å². The Balaban J connectivity index is 2.36. The molecule has 0 aromatic heterocycles. The molecule has 5 heteroatoms. The minimum absolute atomic E-state index is 0.252. The van der Waals surface area contributed by atoms with Gasteiger partial charge in [-0.05, 0) is 31.2 Å². The van der Waals surface area contributed by atoms with Crippen molar-refractivity contribution in [1.82, 2.24) is 0 Å². The maximum absolute atomic E-state index is 11.5. The van der Waals surface area contributed by atoms with E-state index in [0.29, 0.717) is 11.1 Å². The molecule has 0 amide bonds. The molecular formula is C15H15BrO3S. The average molecular weight is 355 g/mol. The Hall–Kier alpha value is -1.33. The van der Waals surface area contributed by atoms with Crippen LogP contribution < -0.4 is 4.74 Å². The molecule has 0 radical (unpaired) electrons. The van der Waals surface area contributed by atoms with Gasteiger partial charge in [0.25, 0.3) is 0 Å². The van der Waals surface area contributed by atoms with E-state index < -0.39 is 9.84 Å². The van der Waals surface area contributed by atoms with Gasteiger partial charge in [0.2, 0.25) is 0 Å². The molecule has 106 valence electrons. The van der Waals surface area contributed by atoms with Crippen LogP contribution in [-0.4, -0.2) is 14.7 Å². The van der Waals surface area contributed by atoms with E-state index >= 15 is 0 Å². The van der Waals surface area contributed by atoms with E-state index in [1.165, 1.54) is 12.3 Å². The lowest BCUT2D eigenvalue weighted by Gasteiger charge is -2.11. The summed E-state index contributed by atoms with van der Waals surface area (Å²) in [5.41, 5.74) is 2.17. The van der Waals surface area contributed by atoms with Crippen molar-refractivity contribution >= 4 is 25.8 Å². The van der Waals surface area contributed by atoms with Crippen LogP contribution in [0.3, 0.4) is 0 Å². The summed E-state index contributed by atoms with van der Waals surface area (Å²) < 4.78 is 28.9. The summed E-state index contributed by atoms with van der Waals surface area (Å²) in [5.74, 6) is 1.23. The first kappa shape index (κ1) is 15.1. The van der Waals surface area contributed by atoms with Gasteiger partial charge in [-0.1, -0.05) is 39.7 Å². The van der Waals surface area contributed by atoms with E-state index in [-0.39, 0.29) is 4.90 Å². The fourth-order valence-corrected chi connectivity index (χ4v) is 2.90. The number of alkyl halides is 1. The summed E-state index contributed by atoms with van der Waals surface area (Å²) in [7, 11) is -3.23. The van der Waals surface area contributed by atoms with E-state index in [9.17, 15) is 8.42 Å². The van der Waals surface area contributed by atoms with Crippen LogP contribution in [0.2, 0.25) is 0 Å². The summed E-state index contributed by atoms with van der Waals surface area (Å²) in [6, 6.07) is 12.4. The Morgan fingerprint density at radius 3 is 2.55 bits per heavy atom. The molecule has 2 aromatic rings. The van der Waals surface area contributed by atoms with E-state index in [4.69, 9.17) is 4.74 Å². The van der Waals surface area contributed by atoms with Crippen molar-refractivity contribution < 1.29 is 13.2 Å². The van der Waals surface area contributed by atoms with Crippen molar-refractivity contribution in [3.05, 3.63) is 53.6 Å². The number of ether oxygens (including phenoxy) is 1. The fourth-order valence-electron chi connectivity index (χ4n) is 1.81. The molecule has 0 saturated heterocycles. The lowest BCUT2D eigenvalue weighted by molar-refractivity contribution is 0.476. The third-order valence-electron chi connectivity index (χ3n) is 2.82. The normalized spacial score (nSPS) is 11.3. The highest BCUT2D eigenvalue weighted by molar-refractivity contribution is 9.08. The first-order chi connectivity index (χ1) is 9.40. The van der Waals surface area contributed by atoms with Gasteiger partial charge in [0, 0.05) is 17.1 Å². The van der Waals surface area contributed by atoms with Gasteiger partial charge >= 0.3 is 0 Å². The predicted molar refractivity (Wildman–Crippen MR) is 83.4 cm³/mol. The Morgan fingerprint density at radius 1 is 1.15 bits per heavy atom. The number of aryl methyl sites for hydroxylation is 1. The minimum atomic E-state index is -3.23. The van der Waals surface area contributed by atoms with Crippen molar-refractivity contribution in [3.8, 4) is 11.5 Å². The zero-order valence-electron chi connectivity index (χ0n) is 11.3. The molecule has 0 unspecified atom stereocenters. The molecule has 0 spiro atoms. The first-order valence-electron chi connectivity index (χ1n) is 6.03. The summed E-state index contributed by atoms with van der Waals surface area (Å²) in [6.45, 7) is 2.01. The van der Waals surface area contributed by atoms with Gasteiger partial charge in [-0.25, -0.2) is 8.42 Å². The second kappa shape index (κ2) is 5.97. The van der Waals surface area contributed by atoms with E-state index in [1.807, 2.05) is 25.1 Å². The SMILES string of the molecule is Cc1ccc(Oc2cccc(S(C)(=O)=O)c2)c(CBr)c1. The Bertz CT molecular complexity index is 724. The average Bonchev–Trinajstić information content (AvgIpc) is 2.40. The van der Waals surface area contributed by atoms with Crippen LogP contribution in [0.5, 0.6) is 11.5 Å².